The third-order valence-electron chi connectivity index (χ3n) is 12.1. The lowest BCUT2D eigenvalue weighted by Gasteiger charge is -2.54. The average molecular weight is 631 g/mol. The molecule has 0 amide bonds. The third kappa shape index (κ3) is 5.25. The van der Waals surface area contributed by atoms with Gasteiger partial charge in [0.05, 0.1) is 21.1 Å². The van der Waals surface area contributed by atoms with Gasteiger partial charge in [-0.2, -0.15) is 4.67 Å². The highest BCUT2D eigenvalue weighted by molar-refractivity contribution is 6.76. The number of benzene rings is 3. The van der Waals surface area contributed by atoms with Crippen molar-refractivity contribution in [1.82, 2.24) is 4.67 Å². The van der Waals surface area contributed by atoms with Gasteiger partial charge < -0.3 is 4.90 Å². The molecule has 0 saturated heterocycles. The van der Waals surface area contributed by atoms with Crippen LogP contribution in [0.4, 0.5) is 17.1 Å². The van der Waals surface area contributed by atoms with Crippen molar-refractivity contribution in [3.8, 4) is 0 Å². The highest BCUT2D eigenvalue weighted by atomic mass is 28.3. The summed E-state index contributed by atoms with van der Waals surface area (Å²) in [6, 6.07) is 29.6. The van der Waals surface area contributed by atoms with Crippen LogP contribution < -0.4 is 4.90 Å². The molecule has 46 heavy (non-hydrogen) atoms. The van der Waals surface area contributed by atoms with E-state index < -0.39 is 8.24 Å². The van der Waals surface area contributed by atoms with Gasteiger partial charge in [0.1, 0.15) is 0 Å². The van der Waals surface area contributed by atoms with Crippen LogP contribution in [0.2, 0.25) is 18.6 Å². The van der Waals surface area contributed by atoms with Gasteiger partial charge in [0.25, 0.3) is 0 Å². The highest BCUT2D eigenvalue weighted by Crippen LogP contribution is 2.61. The Labute approximate surface area is 280 Å². The summed E-state index contributed by atoms with van der Waals surface area (Å²) in [6.45, 7) is 13.0. The number of nitrogens with zero attached hydrogens (tertiary/aromatic N) is 3. The summed E-state index contributed by atoms with van der Waals surface area (Å²) in [4.78, 5) is 2.41. The summed E-state index contributed by atoms with van der Waals surface area (Å²) < 4.78 is 4.04. The number of fused-ring (bicyclic) bond motifs is 4. The van der Waals surface area contributed by atoms with Crippen molar-refractivity contribution in [2.75, 3.05) is 26.0 Å². The van der Waals surface area contributed by atoms with E-state index in [1.54, 1.807) is 5.57 Å². The van der Waals surface area contributed by atoms with Gasteiger partial charge in [-0.1, -0.05) is 108 Å². The van der Waals surface area contributed by atoms with Crippen molar-refractivity contribution in [2.24, 2.45) is 17.8 Å². The molecule has 4 atom stereocenters. The van der Waals surface area contributed by atoms with Crippen LogP contribution in [-0.4, -0.2) is 44.7 Å². The first kappa shape index (κ1) is 31.7. The van der Waals surface area contributed by atoms with Gasteiger partial charge in [-0.05, 0) is 101 Å². The zero-order valence-corrected chi connectivity index (χ0v) is 30.6. The minimum absolute atomic E-state index is 0.0353. The smallest absolute Gasteiger partial charge is 0.191 e. The molecule has 2 saturated carbocycles. The first-order chi connectivity index (χ1) is 21.9. The van der Waals surface area contributed by atoms with E-state index in [4.69, 9.17) is 0 Å². The second-order valence-corrected chi connectivity index (χ2v) is 21.2. The van der Waals surface area contributed by atoms with Gasteiger partial charge in [-0.25, -0.2) is 0 Å². The molecule has 4 aliphatic rings. The maximum Gasteiger partial charge on any atom is 0.191 e. The van der Waals surface area contributed by atoms with E-state index in [0.29, 0.717) is 11.8 Å². The minimum Gasteiger partial charge on any atom is -0.310 e. The molecule has 0 spiro atoms. The second-order valence-electron chi connectivity index (χ2n) is 16.7. The second kappa shape index (κ2) is 11.6. The Balaban J connectivity index is 1.27. The van der Waals surface area contributed by atoms with E-state index in [1.807, 2.05) is 0 Å². The molecule has 4 heteroatoms. The molecule has 4 aliphatic carbocycles. The van der Waals surface area contributed by atoms with Crippen LogP contribution in [0.25, 0.3) is 5.57 Å². The fourth-order valence-corrected chi connectivity index (χ4v) is 16.6. The molecular formula is C42H56N3Si+. The number of quaternary nitrogens is 1. The van der Waals surface area contributed by atoms with Crippen LogP contribution in [0.3, 0.4) is 0 Å². The van der Waals surface area contributed by atoms with Crippen LogP contribution >= 0.6 is 0 Å². The Morgan fingerprint density at radius 2 is 1.37 bits per heavy atom. The highest BCUT2D eigenvalue weighted by Gasteiger charge is 2.57. The average Bonchev–Trinajstić information content (AvgIpc) is 3.47. The summed E-state index contributed by atoms with van der Waals surface area (Å²) in [5.74, 6) is 2.01. The molecule has 0 radical (unpaired) electrons. The molecule has 0 heterocycles. The van der Waals surface area contributed by atoms with Gasteiger partial charge in [0.2, 0.25) is 0 Å². The van der Waals surface area contributed by atoms with Crippen LogP contribution in [0.5, 0.6) is 0 Å². The summed E-state index contributed by atoms with van der Waals surface area (Å²) >= 11 is 0. The van der Waals surface area contributed by atoms with E-state index in [-0.39, 0.29) is 5.41 Å². The number of hydrogen-bond acceptors (Lipinski definition) is 2. The zero-order chi connectivity index (χ0) is 32.4. The standard InChI is InChI=1S/C42H56N3Si/c1-30-26-31-27-38-36-25-24-35(43(32-18-12-9-13-19-32)33-20-14-10-15-21-33)28-39(36)42(2,3)40(38)29-37(31)41(30)46(7,8)44(45(4,5)6)34-22-16-11-17-23-34/h9-10,12-15,18-21,24-25,27-31,34,37,41H,11,16-17,22-23,26H2,1-8H3/q+1. The number of para-hydroxylation sites is 2. The SMILES string of the molecule is CC1CC2C=C3C(=CC2C1[Si](C)(C)N(C1CCCCC1)[N+](C)(C)C)C(C)(C)c1cc(N(c2ccccc2)c2ccccc2)ccc13. The molecule has 7 rings (SSSR count). The Hall–Kier alpha value is -2.92. The summed E-state index contributed by atoms with van der Waals surface area (Å²) in [6.07, 6.45) is 13.8. The normalized spacial score (nSPS) is 25.8. The predicted octanol–water partition coefficient (Wildman–Crippen LogP) is 10.9. The Bertz CT molecular complexity index is 1580. The third-order valence-corrected chi connectivity index (χ3v) is 16.8. The van der Waals surface area contributed by atoms with Crippen LogP contribution in [-0.2, 0) is 5.41 Å². The monoisotopic (exact) mass is 630 g/mol. The molecule has 242 valence electrons. The van der Waals surface area contributed by atoms with Gasteiger partial charge in [0.15, 0.2) is 8.24 Å². The Kier molecular flexibility index (Phi) is 8.02. The molecule has 3 aromatic carbocycles. The van der Waals surface area contributed by atoms with Crippen molar-refractivity contribution in [2.45, 2.75) is 89.4 Å². The van der Waals surface area contributed by atoms with E-state index in [1.165, 1.54) is 72.3 Å². The van der Waals surface area contributed by atoms with E-state index >= 15 is 0 Å². The van der Waals surface area contributed by atoms with Crippen molar-refractivity contribution in [3.05, 3.63) is 108 Å². The van der Waals surface area contributed by atoms with E-state index in [0.717, 1.165) is 22.1 Å². The summed E-state index contributed by atoms with van der Waals surface area (Å²) in [7, 11) is 5.50. The maximum absolute atomic E-state index is 3.07. The number of anilines is 3. The lowest BCUT2D eigenvalue weighted by atomic mass is 9.76. The lowest BCUT2D eigenvalue weighted by molar-refractivity contribution is -0.975. The molecule has 0 aliphatic heterocycles. The van der Waals surface area contributed by atoms with Gasteiger partial charge in [0, 0.05) is 28.5 Å². The number of rotatable bonds is 7. The van der Waals surface area contributed by atoms with Gasteiger partial charge in [-0.15, -0.1) is 0 Å². The zero-order valence-electron chi connectivity index (χ0n) is 29.6. The first-order valence-corrected chi connectivity index (χ1v) is 21.0. The Morgan fingerprint density at radius 3 is 1.96 bits per heavy atom. The minimum atomic E-state index is -1.84. The van der Waals surface area contributed by atoms with Crippen molar-refractivity contribution < 1.29 is 4.59 Å². The van der Waals surface area contributed by atoms with Crippen LogP contribution in [0, 0.1) is 17.8 Å². The summed E-state index contributed by atoms with van der Waals surface area (Å²) in [5.41, 5.74) is 10.3. The number of hydrogen-bond donors (Lipinski definition) is 0. The molecule has 0 N–H and O–H groups in total. The largest absolute Gasteiger partial charge is 0.310 e. The van der Waals surface area contributed by atoms with Gasteiger partial charge >= 0.3 is 0 Å². The van der Waals surface area contributed by atoms with E-state index in [2.05, 4.69) is 156 Å². The molecule has 4 unspecified atom stereocenters. The molecule has 0 aromatic heterocycles. The Morgan fingerprint density at radius 1 is 0.761 bits per heavy atom. The lowest BCUT2D eigenvalue weighted by Crippen LogP contribution is -2.69. The van der Waals surface area contributed by atoms with E-state index in [9.17, 15) is 0 Å². The molecule has 3 aromatic rings. The quantitative estimate of drug-likeness (QED) is 0.146. The predicted molar refractivity (Wildman–Crippen MR) is 199 cm³/mol. The van der Waals surface area contributed by atoms with Crippen molar-refractivity contribution in [1.29, 1.82) is 0 Å². The van der Waals surface area contributed by atoms with Gasteiger partial charge in [-0.3, -0.25) is 4.59 Å². The number of allylic oxidation sites excluding steroid dienone is 4. The molecule has 2 fully saturated rings. The summed E-state index contributed by atoms with van der Waals surface area (Å²) in [5, 5.41) is 0. The van der Waals surface area contributed by atoms with Crippen molar-refractivity contribution >= 4 is 30.9 Å². The first-order valence-electron chi connectivity index (χ1n) is 18.0. The molecule has 3 nitrogen and oxygen atoms in total. The van der Waals surface area contributed by atoms with Crippen LogP contribution in [0.15, 0.2) is 96.6 Å². The maximum atomic E-state index is 3.07. The fourth-order valence-electron chi connectivity index (χ4n) is 10.7. The fraction of sp³-hybridized carbons (Fsp3) is 0.476. The van der Waals surface area contributed by atoms with Crippen LogP contribution in [0.1, 0.15) is 70.4 Å². The van der Waals surface area contributed by atoms with Crippen molar-refractivity contribution in [3.63, 3.8) is 0 Å². The molecule has 0 bridgehead atoms. The topological polar surface area (TPSA) is 6.48 Å². The molecular weight excluding hydrogens is 575 g/mol.